The SMILES string of the molecule is CCCCCCCCC1=NC2C=CC=CC2=N1. The monoisotopic (exact) mass is 230 g/mol. The molecule has 2 nitrogen and oxygen atoms in total. The van der Waals surface area contributed by atoms with Crippen LogP contribution in [0.3, 0.4) is 0 Å². The summed E-state index contributed by atoms with van der Waals surface area (Å²) in [7, 11) is 0. The molecule has 0 radical (unpaired) electrons. The van der Waals surface area contributed by atoms with Crippen molar-refractivity contribution >= 4 is 11.5 Å². The maximum atomic E-state index is 4.62. The van der Waals surface area contributed by atoms with Crippen LogP contribution in [0.5, 0.6) is 0 Å². The maximum absolute atomic E-state index is 4.62. The van der Waals surface area contributed by atoms with Gasteiger partial charge in [0.25, 0.3) is 0 Å². The van der Waals surface area contributed by atoms with E-state index in [1.165, 1.54) is 38.5 Å². The molecule has 1 unspecified atom stereocenters. The highest BCUT2D eigenvalue weighted by Crippen LogP contribution is 2.16. The zero-order chi connectivity index (χ0) is 11.9. The number of amidine groups is 1. The second kappa shape index (κ2) is 6.53. The molecular formula is C15H22N2. The van der Waals surface area contributed by atoms with Crippen molar-refractivity contribution in [3.05, 3.63) is 24.3 Å². The van der Waals surface area contributed by atoms with E-state index in [0.717, 1.165) is 18.0 Å². The number of allylic oxidation sites excluding steroid dienone is 2. The molecule has 0 aromatic heterocycles. The quantitative estimate of drug-likeness (QED) is 0.589. The Morgan fingerprint density at radius 1 is 1.06 bits per heavy atom. The van der Waals surface area contributed by atoms with Crippen LogP contribution in [-0.2, 0) is 0 Å². The van der Waals surface area contributed by atoms with Gasteiger partial charge in [0.15, 0.2) is 0 Å². The van der Waals surface area contributed by atoms with Gasteiger partial charge in [-0.05, 0) is 12.5 Å². The molecule has 0 amide bonds. The highest BCUT2D eigenvalue weighted by Gasteiger charge is 2.18. The molecule has 0 spiro atoms. The number of nitrogens with zero attached hydrogens (tertiary/aromatic N) is 2. The topological polar surface area (TPSA) is 24.7 Å². The Kier molecular flexibility index (Phi) is 4.72. The first-order valence-corrected chi connectivity index (χ1v) is 6.90. The van der Waals surface area contributed by atoms with Crippen LogP contribution in [0.2, 0.25) is 0 Å². The van der Waals surface area contributed by atoms with Gasteiger partial charge in [-0.25, -0.2) is 4.99 Å². The van der Waals surface area contributed by atoms with Gasteiger partial charge in [0.05, 0.1) is 5.71 Å². The van der Waals surface area contributed by atoms with Crippen molar-refractivity contribution < 1.29 is 0 Å². The Bertz CT molecular complexity index is 361. The molecule has 0 fully saturated rings. The van der Waals surface area contributed by atoms with Gasteiger partial charge in [0.2, 0.25) is 0 Å². The van der Waals surface area contributed by atoms with Gasteiger partial charge in [-0.1, -0.05) is 57.3 Å². The molecule has 0 aromatic rings. The van der Waals surface area contributed by atoms with Crippen molar-refractivity contribution in [1.29, 1.82) is 0 Å². The number of fused-ring (bicyclic) bond motifs is 1. The van der Waals surface area contributed by atoms with Crippen LogP contribution in [0.4, 0.5) is 0 Å². The lowest BCUT2D eigenvalue weighted by Crippen LogP contribution is -2.11. The summed E-state index contributed by atoms with van der Waals surface area (Å²) in [6, 6.07) is 0.218. The van der Waals surface area contributed by atoms with E-state index < -0.39 is 0 Å². The van der Waals surface area contributed by atoms with Gasteiger partial charge >= 0.3 is 0 Å². The Hall–Kier alpha value is -1.18. The molecule has 2 aliphatic rings. The molecule has 0 saturated carbocycles. The largest absolute Gasteiger partial charge is 0.257 e. The summed E-state index contributed by atoms with van der Waals surface area (Å²) in [5.74, 6) is 1.05. The summed E-state index contributed by atoms with van der Waals surface area (Å²) in [6.45, 7) is 2.26. The predicted molar refractivity (Wildman–Crippen MR) is 74.9 cm³/mol. The first-order valence-electron chi connectivity index (χ1n) is 6.90. The van der Waals surface area contributed by atoms with Crippen LogP contribution in [0.15, 0.2) is 34.3 Å². The minimum absolute atomic E-state index is 0.218. The van der Waals surface area contributed by atoms with Crippen molar-refractivity contribution in [2.75, 3.05) is 0 Å². The van der Waals surface area contributed by atoms with E-state index in [-0.39, 0.29) is 6.04 Å². The zero-order valence-corrected chi connectivity index (χ0v) is 10.7. The standard InChI is InChI=1S/C15H22N2/c1-2-3-4-5-6-7-12-15-16-13-10-8-9-11-14(13)17-15/h8-11,13H,2-7,12H2,1H3. The van der Waals surface area contributed by atoms with Crippen molar-refractivity contribution in [2.24, 2.45) is 9.98 Å². The molecular weight excluding hydrogens is 208 g/mol. The van der Waals surface area contributed by atoms with E-state index in [1.807, 2.05) is 6.08 Å². The summed E-state index contributed by atoms with van der Waals surface area (Å²) in [5, 5.41) is 0. The molecule has 0 N–H and O–H groups in total. The summed E-state index contributed by atoms with van der Waals surface area (Å²) >= 11 is 0. The fraction of sp³-hybridized carbons (Fsp3) is 0.600. The number of unbranched alkanes of at least 4 members (excludes halogenated alkanes) is 5. The van der Waals surface area contributed by atoms with E-state index in [1.54, 1.807) is 0 Å². The van der Waals surface area contributed by atoms with Crippen LogP contribution in [-0.4, -0.2) is 17.6 Å². The van der Waals surface area contributed by atoms with Crippen LogP contribution in [0.25, 0.3) is 0 Å². The number of hydrogen-bond acceptors (Lipinski definition) is 2. The van der Waals surface area contributed by atoms with Crippen molar-refractivity contribution in [2.45, 2.75) is 57.9 Å². The third-order valence-corrected chi connectivity index (χ3v) is 3.27. The summed E-state index contributed by atoms with van der Waals surface area (Å²) in [5.41, 5.74) is 1.12. The summed E-state index contributed by atoms with van der Waals surface area (Å²) < 4.78 is 0. The van der Waals surface area contributed by atoms with E-state index >= 15 is 0 Å². The molecule has 1 aliphatic carbocycles. The molecule has 92 valence electrons. The summed E-state index contributed by atoms with van der Waals surface area (Å²) in [4.78, 5) is 9.19. The molecule has 0 bridgehead atoms. The van der Waals surface area contributed by atoms with Crippen LogP contribution in [0.1, 0.15) is 51.9 Å². The summed E-state index contributed by atoms with van der Waals surface area (Å²) in [6.07, 6.45) is 17.3. The molecule has 0 saturated heterocycles. The van der Waals surface area contributed by atoms with Crippen molar-refractivity contribution in [3.63, 3.8) is 0 Å². The minimum atomic E-state index is 0.218. The predicted octanol–water partition coefficient (Wildman–Crippen LogP) is 4.08. The average molecular weight is 230 g/mol. The Morgan fingerprint density at radius 2 is 1.88 bits per heavy atom. The smallest absolute Gasteiger partial charge is 0.124 e. The highest BCUT2D eigenvalue weighted by molar-refractivity contribution is 6.13. The van der Waals surface area contributed by atoms with Gasteiger partial charge in [-0.3, -0.25) is 4.99 Å². The number of hydrogen-bond donors (Lipinski definition) is 0. The second-order valence-electron chi connectivity index (χ2n) is 4.79. The lowest BCUT2D eigenvalue weighted by atomic mass is 10.1. The van der Waals surface area contributed by atoms with Gasteiger partial charge in [0, 0.05) is 6.42 Å². The van der Waals surface area contributed by atoms with Crippen LogP contribution < -0.4 is 0 Å². The van der Waals surface area contributed by atoms with Crippen molar-refractivity contribution in [1.82, 2.24) is 0 Å². The van der Waals surface area contributed by atoms with Gasteiger partial charge in [0.1, 0.15) is 11.9 Å². The lowest BCUT2D eigenvalue weighted by molar-refractivity contribution is 0.615. The van der Waals surface area contributed by atoms with Gasteiger partial charge in [-0.15, -0.1) is 0 Å². The van der Waals surface area contributed by atoms with Gasteiger partial charge < -0.3 is 0 Å². The number of aliphatic imine (C=N–C) groups is 2. The molecule has 0 aromatic carbocycles. The Balaban J connectivity index is 1.66. The fourth-order valence-electron chi connectivity index (χ4n) is 2.26. The van der Waals surface area contributed by atoms with Gasteiger partial charge in [-0.2, -0.15) is 0 Å². The third kappa shape index (κ3) is 3.65. The van der Waals surface area contributed by atoms with E-state index in [2.05, 4.69) is 35.1 Å². The lowest BCUT2D eigenvalue weighted by Gasteiger charge is -2.03. The normalized spacial score (nSPS) is 21.4. The van der Waals surface area contributed by atoms with E-state index in [4.69, 9.17) is 0 Å². The molecule has 17 heavy (non-hydrogen) atoms. The van der Waals surface area contributed by atoms with Crippen LogP contribution in [0, 0.1) is 0 Å². The van der Waals surface area contributed by atoms with E-state index in [9.17, 15) is 0 Å². The molecule has 2 heteroatoms. The second-order valence-corrected chi connectivity index (χ2v) is 4.79. The maximum Gasteiger partial charge on any atom is 0.124 e. The Labute approximate surface area is 104 Å². The third-order valence-electron chi connectivity index (χ3n) is 3.27. The van der Waals surface area contributed by atoms with Crippen LogP contribution >= 0.6 is 0 Å². The first kappa shape index (κ1) is 12.3. The highest BCUT2D eigenvalue weighted by atomic mass is 15.0. The fourth-order valence-corrected chi connectivity index (χ4v) is 2.26. The number of rotatable bonds is 7. The van der Waals surface area contributed by atoms with E-state index in [0.29, 0.717) is 0 Å². The molecule has 1 aliphatic heterocycles. The van der Waals surface area contributed by atoms with Crippen molar-refractivity contribution in [3.8, 4) is 0 Å². The molecule has 1 atom stereocenters. The molecule has 1 heterocycles. The Morgan fingerprint density at radius 3 is 2.71 bits per heavy atom. The first-order chi connectivity index (χ1) is 8.40. The average Bonchev–Trinajstić information content (AvgIpc) is 2.76. The molecule has 2 rings (SSSR count). The zero-order valence-electron chi connectivity index (χ0n) is 10.7. The minimum Gasteiger partial charge on any atom is -0.257 e.